The van der Waals surface area contributed by atoms with Crippen molar-refractivity contribution in [3.63, 3.8) is 0 Å². The average Bonchev–Trinajstić information content (AvgIpc) is 2.37. The first-order chi connectivity index (χ1) is 8.63. The van der Waals surface area contributed by atoms with E-state index in [1.165, 1.54) is 6.07 Å². The van der Waals surface area contributed by atoms with Gasteiger partial charge in [-0.1, -0.05) is 57.3 Å². The minimum Gasteiger partial charge on any atom is -0.452 e. The van der Waals surface area contributed by atoms with Crippen molar-refractivity contribution in [3.05, 3.63) is 57.8 Å². The van der Waals surface area contributed by atoms with E-state index in [0.717, 1.165) is 0 Å². The molecule has 0 N–H and O–H groups in total. The zero-order valence-corrected chi connectivity index (χ0v) is 12.2. The highest BCUT2D eigenvalue weighted by Crippen LogP contribution is 2.37. The van der Waals surface area contributed by atoms with Crippen molar-refractivity contribution in [2.24, 2.45) is 0 Å². The fourth-order valence-corrected chi connectivity index (χ4v) is 2.22. The van der Waals surface area contributed by atoms with Crippen LogP contribution in [-0.4, -0.2) is 0 Å². The van der Waals surface area contributed by atoms with Crippen molar-refractivity contribution in [1.29, 1.82) is 0 Å². The Balaban J connectivity index is 2.43. The number of alkyl halides is 1. The summed E-state index contributed by atoms with van der Waals surface area (Å²) in [4.78, 5) is 0. The first-order valence-corrected chi connectivity index (χ1v) is 6.96. The summed E-state index contributed by atoms with van der Waals surface area (Å²) in [6.07, 6.45) is 0. The topological polar surface area (TPSA) is 9.23 Å². The summed E-state index contributed by atoms with van der Waals surface area (Å²) >= 11 is 15.2. The summed E-state index contributed by atoms with van der Waals surface area (Å²) in [6.45, 7) is 0. The van der Waals surface area contributed by atoms with Gasteiger partial charge in [0.1, 0.15) is 10.8 Å². The predicted octanol–water partition coefficient (Wildman–Crippen LogP) is 5.82. The van der Waals surface area contributed by atoms with Gasteiger partial charge in [-0.25, -0.2) is 4.39 Å². The molecule has 0 spiro atoms. The molecule has 0 radical (unpaired) electrons. The molecule has 94 valence electrons. The van der Waals surface area contributed by atoms with Gasteiger partial charge < -0.3 is 4.74 Å². The maximum Gasteiger partial charge on any atom is 0.167 e. The highest BCUT2D eigenvalue weighted by Gasteiger charge is 2.13. The van der Waals surface area contributed by atoms with Crippen LogP contribution in [0.25, 0.3) is 0 Å². The fraction of sp³-hybridized carbons (Fsp3) is 0.0769. The van der Waals surface area contributed by atoms with Crippen LogP contribution in [0.1, 0.15) is 5.56 Å². The Labute approximate surface area is 123 Å². The van der Waals surface area contributed by atoms with Crippen LogP contribution in [0.3, 0.4) is 0 Å². The fourth-order valence-electron chi connectivity index (χ4n) is 1.45. The summed E-state index contributed by atoms with van der Waals surface area (Å²) in [5.41, 5.74) is 0.700. The predicted molar refractivity (Wildman–Crippen MR) is 75.6 cm³/mol. The molecule has 0 heterocycles. The summed E-state index contributed by atoms with van der Waals surface area (Å²) < 4.78 is 19.3. The second kappa shape index (κ2) is 5.91. The molecule has 18 heavy (non-hydrogen) atoms. The zero-order chi connectivity index (χ0) is 13.1. The van der Waals surface area contributed by atoms with E-state index in [0.29, 0.717) is 21.7 Å². The van der Waals surface area contributed by atoms with Crippen LogP contribution in [0.15, 0.2) is 36.4 Å². The Morgan fingerprint density at radius 1 is 1.11 bits per heavy atom. The van der Waals surface area contributed by atoms with Gasteiger partial charge in [0.05, 0.1) is 5.02 Å². The third-order valence-corrected chi connectivity index (χ3v) is 3.73. The summed E-state index contributed by atoms with van der Waals surface area (Å²) in [5, 5.41) is 1.12. The van der Waals surface area contributed by atoms with Crippen molar-refractivity contribution in [2.45, 2.75) is 5.33 Å². The number of para-hydroxylation sites is 1. The molecule has 5 heteroatoms. The highest BCUT2D eigenvalue weighted by atomic mass is 79.9. The van der Waals surface area contributed by atoms with E-state index in [-0.39, 0.29) is 10.8 Å². The number of ether oxygens (including phenoxy) is 1. The number of hydrogen-bond acceptors (Lipinski definition) is 1. The minimum atomic E-state index is -0.442. The normalized spacial score (nSPS) is 10.4. The van der Waals surface area contributed by atoms with Crippen molar-refractivity contribution in [3.8, 4) is 11.5 Å². The first-order valence-electron chi connectivity index (χ1n) is 5.08. The Bertz CT molecular complexity index is 575. The largest absolute Gasteiger partial charge is 0.452 e. The molecule has 0 saturated carbocycles. The second-order valence-corrected chi connectivity index (χ2v) is 4.86. The molecule has 1 nitrogen and oxygen atoms in total. The lowest BCUT2D eigenvalue weighted by Crippen LogP contribution is -1.94. The molecule has 0 bridgehead atoms. The van der Waals surface area contributed by atoms with E-state index in [9.17, 15) is 4.39 Å². The van der Waals surface area contributed by atoms with E-state index < -0.39 is 5.82 Å². The van der Waals surface area contributed by atoms with Gasteiger partial charge in [-0.3, -0.25) is 0 Å². The van der Waals surface area contributed by atoms with Crippen LogP contribution < -0.4 is 4.74 Å². The van der Waals surface area contributed by atoms with Gasteiger partial charge in [0.2, 0.25) is 0 Å². The van der Waals surface area contributed by atoms with Gasteiger partial charge >= 0.3 is 0 Å². The van der Waals surface area contributed by atoms with Crippen LogP contribution in [0, 0.1) is 5.82 Å². The maximum absolute atomic E-state index is 13.7. The average molecular weight is 350 g/mol. The van der Waals surface area contributed by atoms with Gasteiger partial charge in [-0.2, -0.15) is 0 Å². The molecule has 0 aliphatic carbocycles. The Morgan fingerprint density at radius 2 is 1.83 bits per heavy atom. The molecule has 0 aromatic heterocycles. The molecule has 2 aromatic rings. The molecule has 0 fully saturated rings. The van der Waals surface area contributed by atoms with Crippen molar-refractivity contribution >= 4 is 39.1 Å². The van der Waals surface area contributed by atoms with Crippen LogP contribution >= 0.6 is 39.1 Å². The number of hydrogen-bond donors (Lipinski definition) is 0. The highest BCUT2D eigenvalue weighted by molar-refractivity contribution is 9.08. The molecular formula is C13H8BrCl2FO. The SMILES string of the molecule is Fc1cccc(CBr)c1Oc1cccc(Cl)c1Cl. The monoisotopic (exact) mass is 348 g/mol. The van der Waals surface area contributed by atoms with Crippen molar-refractivity contribution in [2.75, 3.05) is 0 Å². The lowest BCUT2D eigenvalue weighted by molar-refractivity contribution is 0.438. The van der Waals surface area contributed by atoms with Crippen LogP contribution in [0.4, 0.5) is 4.39 Å². The molecule has 0 aliphatic rings. The summed E-state index contributed by atoms with van der Waals surface area (Å²) in [7, 11) is 0. The van der Waals surface area contributed by atoms with E-state index >= 15 is 0 Å². The molecule has 0 aliphatic heterocycles. The van der Waals surface area contributed by atoms with E-state index in [1.807, 2.05) is 0 Å². The molecular weight excluding hydrogens is 342 g/mol. The quantitative estimate of drug-likeness (QED) is 0.634. The Hall–Kier alpha value is -0.770. The molecule has 0 amide bonds. The Morgan fingerprint density at radius 3 is 2.56 bits per heavy atom. The van der Waals surface area contributed by atoms with Gasteiger partial charge in [0.15, 0.2) is 11.6 Å². The molecule has 2 aromatic carbocycles. The molecule has 2 rings (SSSR count). The van der Waals surface area contributed by atoms with Crippen LogP contribution in [-0.2, 0) is 5.33 Å². The van der Waals surface area contributed by atoms with Gasteiger partial charge in [-0.05, 0) is 18.2 Å². The number of rotatable bonds is 3. The van der Waals surface area contributed by atoms with Crippen LogP contribution in [0.2, 0.25) is 10.0 Å². The Kier molecular flexibility index (Phi) is 4.49. The van der Waals surface area contributed by atoms with Gasteiger partial charge in [0, 0.05) is 10.9 Å². The third kappa shape index (κ3) is 2.79. The van der Waals surface area contributed by atoms with E-state index in [1.54, 1.807) is 30.3 Å². The van der Waals surface area contributed by atoms with Gasteiger partial charge in [-0.15, -0.1) is 0 Å². The summed E-state index contributed by atoms with van der Waals surface area (Å²) in [5.74, 6) is 0.0398. The molecule has 0 saturated heterocycles. The van der Waals surface area contributed by atoms with Crippen molar-refractivity contribution in [1.82, 2.24) is 0 Å². The van der Waals surface area contributed by atoms with E-state index in [2.05, 4.69) is 15.9 Å². The maximum atomic E-state index is 13.7. The number of halogens is 4. The van der Waals surface area contributed by atoms with Gasteiger partial charge in [0.25, 0.3) is 0 Å². The standard InChI is InChI=1S/C13H8BrCl2FO/c14-7-8-3-1-5-10(17)13(8)18-11-6-2-4-9(15)12(11)16/h1-6H,7H2. The zero-order valence-electron chi connectivity index (χ0n) is 9.09. The van der Waals surface area contributed by atoms with Crippen LogP contribution in [0.5, 0.6) is 11.5 Å². The number of benzene rings is 2. The molecule has 0 atom stereocenters. The van der Waals surface area contributed by atoms with Crippen molar-refractivity contribution < 1.29 is 9.13 Å². The smallest absolute Gasteiger partial charge is 0.167 e. The van der Waals surface area contributed by atoms with E-state index in [4.69, 9.17) is 27.9 Å². The molecule has 0 unspecified atom stereocenters. The first kappa shape index (κ1) is 13.7. The third-order valence-electron chi connectivity index (χ3n) is 2.32. The second-order valence-electron chi connectivity index (χ2n) is 3.52. The minimum absolute atomic E-state index is 0.151. The lowest BCUT2D eigenvalue weighted by atomic mass is 10.2. The summed E-state index contributed by atoms with van der Waals surface area (Å²) in [6, 6.07) is 9.70. The lowest BCUT2D eigenvalue weighted by Gasteiger charge is -2.12.